The minimum Gasteiger partial charge on any atom is -0.466 e. The predicted molar refractivity (Wildman–Crippen MR) is 56.4 cm³/mol. The average molecular weight is 221 g/mol. The quantitative estimate of drug-likeness (QED) is 0.708. The molecule has 2 heterocycles. The maximum absolute atomic E-state index is 11.2. The number of rotatable bonds is 3. The first-order chi connectivity index (χ1) is 7.70. The van der Waals surface area contributed by atoms with Crippen LogP contribution in [-0.2, 0) is 16.0 Å². The molecule has 0 fully saturated rings. The molecule has 84 valence electrons. The summed E-state index contributed by atoms with van der Waals surface area (Å²) >= 11 is 0. The number of hydrogen-bond acceptors (Lipinski definition) is 6. The Bertz CT molecular complexity index is 522. The Morgan fingerprint density at radius 2 is 2.38 bits per heavy atom. The van der Waals surface area contributed by atoms with Crippen molar-refractivity contribution in [2.24, 2.45) is 0 Å². The Balaban J connectivity index is 2.26. The van der Waals surface area contributed by atoms with Crippen molar-refractivity contribution in [3.05, 3.63) is 12.2 Å². The van der Waals surface area contributed by atoms with Gasteiger partial charge in [0.1, 0.15) is 24.1 Å². The van der Waals surface area contributed by atoms with Gasteiger partial charge in [0.2, 0.25) is 0 Å². The Labute approximate surface area is 91.1 Å². The zero-order chi connectivity index (χ0) is 11.5. The molecular formula is C9H11N5O2. The molecule has 2 rings (SSSR count). The lowest BCUT2D eigenvalue weighted by atomic mass is 10.4. The minimum atomic E-state index is -0.340. The van der Waals surface area contributed by atoms with Gasteiger partial charge < -0.3 is 15.5 Å². The molecule has 16 heavy (non-hydrogen) atoms. The van der Waals surface area contributed by atoms with Crippen molar-refractivity contribution in [3.8, 4) is 0 Å². The monoisotopic (exact) mass is 221 g/mol. The van der Waals surface area contributed by atoms with Crippen LogP contribution in [0.15, 0.2) is 6.33 Å². The van der Waals surface area contributed by atoms with Crippen molar-refractivity contribution in [2.45, 2.75) is 13.3 Å². The lowest BCUT2D eigenvalue weighted by molar-refractivity contribution is -0.142. The fourth-order valence-corrected chi connectivity index (χ4v) is 1.33. The number of nitrogens with two attached hydrogens (primary N) is 1. The molecule has 0 amide bonds. The first kappa shape index (κ1) is 10.3. The first-order valence-corrected chi connectivity index (χ1v) is 4.81. The van der Waals surface area contributed by atoms with Gasteiger partial charge >= 0.3 is 5.97 Å². The summed E-state index contributed by atoms with van der Waals surface area (Å²) in [4.78, 5) is 26.0. The van der Waals surface area contributed by atoms with Gasteiger partial charge in [-0.25, -0.2) is 15.0 Å². The van der Waals surface area contributed by atoms with Gasteiger partial charge in [0, 0.05) is 0 Å². The molecule has 0 spiro atoms. The van der Waals surface area contributed by atoms with Gasteiger partial charge in [-0.1, -0.05) is 0 Å². The van der Waals surface area contributed by atoms with Gasteiger partial charge in [0.05, 0.1) is 6.61 Å². The van der Waals surface area contributed by atoms with Crippen LogP contribution in [0.2, 0.25) is 0 Å². The molecule has 2 aromatic heterocycles. The number of esters is 1. The fourth-order valence-electron chi connectivity index (χ4n) is 1.33. The lowest BCUT2D eigenvalue weighted by Gasteiger charge is -1.97. The van der Waals surface area contributed by atoms with Crippen molar-refractivity contribution in [2.75, 3.05) is 12.3 Å². The molecular weight excluding hydrogens is 210 g/mol. The van der Waals surface area contributed by atoms with E-state index in [1.807, 2.05) is 0 Å². The SMILES string of the molecule is CCOC(=O)Cc1nc2ncnc(N)c2[nH]1. The second kappa shape index (κ2) is 4.13. The number of aromatic amines is 1. The summed E-state index contributed by atoms with van der Waals surface area (Å²) in [5.74, 6) is 0.446. The number of carbonyl (C=O) groups excluding carboxylic acids is 1. The Kier molecular flexibility index (Phi) is 2.67. The van der Waals surface area contributed by atoms with Crippen LogP contribution in [0.1, 0.15) is 12.7 Å². The number of H-pyrrole nitrogens is 1. The molecule has 0 aliphatic heterocycles. The van der Waals surface area contributed by atoms with Crippen LogP contribution in [0.5, 0.6) is 0 Å². The number of nitrogen functional groups attached to an aromatic ring is 1. The van der Waals surface area contributed by atoms with Crippen molar-refractivity contribution in [1.29, 1.82) is 0 Å². The van der Waals surface area contributed by atoms with E-state index in [0.29, 0.717) is 29.4 Å². The van der Waals surface area contributed by atoms with Crippen LogP contribution in [0.3, 0.4) is 0 Å². The fraction of sp³-hybridized carbons (Fsp3) is 0.333. The summed E-state index contributed by atoms with van der Waals surface area (Å²) in [5.41, 5.74) is 6.61. The first-order valence-electron chi connectivity index (χ1n) is 4.81. The van der Waals surface area contributed by atoms with Gasteiger partial charge in [0.15, 0.2) is 11.5 Å². The maximum atomic E-state index is 11.2. The summed E-state index contributed by atoms with van der Waals surface area (Å²) in [5, 5.41) is 0. The number of anilines is 1. The Morgan fingerprint density at radius 1 is 1.56 bits per heavy atom. The summed E-state index contributed by atoms with van der Waals surface area (Å²) in [6, 6.07) is 0. The number of hydrogen-bond donors (Lipinski definition) is 2. The number of ether oxygens (including phenoxy) is 1. The van der Waals surface area contributed by atoms with E-state index < -0.39 is 0 Å². The van der Waals surface area contributed by atoms with E-state index in [-0.39, 0.29) is 12.4 Å². The Morgan fingerprint density at radius 3 is 3.06 bits per heavy atom. The second-order valence-corrected chi connectivity index (χ2v) is 3.12. The van der Waals surface area contributed by atoms with Crippen molar-refractivity contribution >= 4 is 23.0 Å². The predicted octanol–water partition coefficient (Wildman–Crippen LogP) is 0.0407. The van der Waals surface area contributed by atoms with Gasteiger partial charge in [-0.15, -0.1) is 0 Å². The highest BCUT2D eigenvalue weighted by molar-refractivity contribution is 5.82. The molecule has 0 aromatic carbocycles. The van der Waals surface area contributed by atoms with Gasteiger partial charge in [-0.3, -0.25) is 4.79 Å². The van der Waals surface area contributed by atoms with E-state index in [1.54, 1.807) is 6.92 Å². The van der Waals surface area contributed by atoms with Crippen LogP contribution in [0.25, 0.3) is 11.2 Å². The number of fused-ring (bicyclic) bond motifs is 1. The third-order valence-corrected chi connectivity index (χ3v) is 1.98. The molecule has 7 nitrogen and oxygen atoms in total. The molecule has 7 heteroatoms. The second-order valence-electron chi connectivity index (χ2n) is 3.12. The molecule has 0 bridgehead atoms. The molecule has 0 radical (unpaired) electrons. The van der Waals surface area contributed by atoms with Crippen LogP contribution >= 0.6 is 0 Å². The molecule has 0 saturated heterocycles. The maximum Gasteiger partial charge on any atom is 0.313 e. The number of nitrogens with zero attached hydrogens (tertiary/aromatic N) is 3. The van der Waals surface area contributed by atoms with E-state index >= 15 is 0 Å². The van der Waals surface area contributed by atoms with Crippen molar-refractivity contribution < 1.29 is 9.53 Å². The molecule has 0 aliphatic carbocycles. The standard InChI is InChI=1S/C9H11N5O2/c1-2-16-6(15)3-5-13-7-8(10)11-4-12-9(7)14-5/h4H,2-3H2,1H3,(H3,10,11,12,13,14). The van der Waals surface area contributed by atoms with Gasteiger partial charge in [0.25, 0.3) is 0 Å². The summed E-state index contributed by atoms with van der Waals surface area (Å²) < 4.78 is 4.81. The normalized spacial score (nSPS) is 10.6. The number of nitrogens with one attached hydrogen (secondary N) is 1. The van der Waals surface area contributed by atoms with Crippen LogP contribution in [-0.4, -0.2) is 32.5 Å². The third kappa shape index (κ3) is 1.92. The molecule has 0 saturated carbocycles. The average Bonchev–Trinajstić information content (AvgIpc) is 2.62. The Hall–Kier alpha value is -2.18. The third-order valence-electron chi connectivity index (χ3n) is 1.98. The topological polar surface area (TPSA) is 107 Å². The number of carbonyl (C=O) groups is 1. The number of imidazole rings is 1. The highest BCUT2D eigenvalue weighted by Crippen LogP contribution is 2.13. The van der Waals surface area contributed by atoms with Gasteiger partial charge in [-0.2, -0.15) is 0 Å². The van der Waals surface area contributed by atoms with Crippen molar-refractivity contribution in [3.63, 3.8) is 0 Å². The number of aromatic nitrogens is 4. The van der Waals surface area contributed by atoms with Crippen molar-refractivity contribution in [1.82, 2.24) is 19.9 Å². The molecule has 2 aromatic rings. The van der Waals surface area contributed by atoms with E-state index in [0.717, 1.165) is 0 Å². The van der Waals surface area contributed by atoms with Gasteiger partial charge in [-0.05, 0) is 6.92 Å². The molecule has 0 unspecified atom stereocenters. The molecule has 0 atom stereocenters. The van der Waals surface area contributed by atoms with E-state index in [4.69, 9.17) is 10.5 Å². The smallest absolute Gasteiger partial charge is 0.313 e. The zero-order valence-corrected chi connectivity index (χ0v) is 8.73. The highest BCUT2D eigenvalue weighted by atomic mass is 16.5. The highest BCUT2D eigenvalue weighted by Gasteiger charge is 2.11. The molecule has 0 aliphatic rings. The summed E-state index contributed by atoms with van der Waals surface area (Å²) in [6.07, 6.45) is 1.40. The van der Waals surface area contributed by atoms with E-state index in [2.05, 4.69) is 19.9 Å². The largest absolute Gasteiger partial charge is 0.466 e. The minimum absolute atomic E-state index is 0.0731. The summed E-state index contributed by atoms with van der Waals surface area (Å²) in [6.45, 7) is 2.10. The molecule has 3 N–H and O–H groups in total. The van der Waals surface area contributed by atoms with Crippen LogP contribution < -0.4 is 5.73 Å². The van der Waals surface area contributed by atoms with Crippen LogP contribution in [0, 0.1) is 0 Å². The van der Waals surface area contributed by atoms with E-state index in [9.17, 15) is 4.79 Å². The zero-order valence-electron chi connectivity index (χ0n) is 8.73. The lowest BCUT2D eigenvalue weighted by Crippen LogP contribution is -2.08. The summed E-state index contributed by atoms with van der Waals surface area (Å²) in [7, 11) is 0. The van der Waals surface area contributed by atoms with E-state index in [1.165, 1.54) is 6.33 Å². The van der Waals surface area contributed by atoms with Crippen LogP contribution in [0.4, 0.5) is 5.82 Å².